The van der Waals surface area contributed by atoms with Gasteiger partial charge in [-0.25, -0.2) is 4.90 Å². The molecule has 0 saturated heterocycles. The van der Waals surface area contributed by atoms with E-state index in [9.17, 15) is 9.59 Å². The van der Waals surface area contributed by atoms with E-state index in [1.165, 1.54) is 16.7 Å². The number of thioether (sulfide) groups is 1. The molecule has 6 heteroatoms. The first kappa shape index (κ1) is 22.2. The van der Waals surface area contributed by atoms with Crippen molar-refractivity contribution in [1.29, 1.82) is 0 Å². The molecule has 0 bridgehead atoms. The lowest BCUT2D eigenvalue weighted by molar-refractivity contribution is -0.120. The van der Waals surface area contributed by atoms with Crippen LogP contribution in [0.3, 0.4) is 0 Å². The van der Waals surface area contributed by atoms with Crippen LogP contribution in [0.25, 0.3) is 0 Å². The van der Waals surface area contributed by atoms with Crippen LogP contribution in [0.4, 0.5) is 11.4 Å². The molecule has 0 aromatic heterocycles. The summed E-state index contributed by atoms with van der Waals surface area (Å²) >= 11 is 7.27. The van der Waals surface area contributed by atoms with Crippen molar-refractivity contribution in [2.75, 3.05) is 10.2 Å². The molecule has 2 amide bonds. The van der Waals surface area contributed by atoms with Crippen LogP contribution < -0.4 is 10.2 Å². The van der Waals surface area contributed by atoms with Gasteiger partial charge in [-0.2, -0.15) is 0 Å². The normalized spacial score (nSPS) is 13.8. The second-order valence-electron chi connectivity index (χ2n) is 7.65. The summed E-state index contributed by atoms with van der Waals surface area (Å²) in [7, 11) is 0. The maximum atomic E-state index is 13.4. The van der Waals surface area contributed by atoms with E-state index in [1.807, 2.05) is 68.4 Å². The molecule has 0 spiro atoms. The summed E-state index contributed by atoms with van der Waals surface area (Å²) in [5.74, 6) is -0.709. The third kappa shape index (κ3) is 4.45. The highest BCUT2D eigenvalue weighted by Crippen LogP contribution is 2.38. The van der Waals surface area contributed by atoms with Crippen molar-refractivity contribution >= 4 is 46.6 Å². The molecule has 162 valence electrons. The summed E-state index contributed by atoms with van der Waals surface area (Å²) in [6.45, 7) is 6.11. The summed E-state index contributed by atoms with van der Waals surface area (Å²) < 4.78 is 0. The minimum Gasteiger partial charge on any atom is -0.350 e. The van der Waals surface area contributed by atoms with Crippen molar-refractivity contribution in [2.24, 2.45) is 0 Å². The Morgan fingerprint density at radius 1 is 0.875 bits per heavy atom. The number of halogens is 1. The predicted molar refractivity (Wildman–Crippen MR) is 132 cm³/mol. The van der Waals surface area contributed by atoms with Crippen LogP contribution in [-0.4, -0.2) is 11.8 Å². The number of carbonyl (C=O) groups is 2. The van der Waals surface area contributed by atoms with Crippen molar-refractivity contribution in [3.63, 3.8) is 0 Å². The molecule has 0 unspecified atom stereocenters. The number of nitrogens with zero attached hydrogens (tertiary/aromatic N) is 1. The van der Waals surface area contributed by atoms with Crippen LogP contribution in [0, 0.1) is 13.8 Å². The molecule has 0 aliphatic carbocycles. The van der Waals surface area contributed by atoms with Gasteiger partial charge in [0.2, 0.25) is 0 Å². The molecule has 4 rings (SSSR count). The Morgan fingerprint density at radius 2 is 1.56 bits per heavy atom. The molecule has 4 nitrogen and oxygen atoms in total. The second-order valence-corrected chi connectivity index (χ2v) is 9.17. The molecule has 1 N–H and O–H groups in total. The Hall–Kier alpha value is -3.02. The molecule has 0 fully saturated rings. The fraction of sp³-hybridized carbons (Fsp3) is 0.154. The number of rotatable bonds is 6. The Kier molecular flexibility index (Phi) is 6.40. The molecular formula is C26H23ClN2O2S. The molecule has 3 aromatic rings. The third-order valence-corrected chi connectivity index (χ3v) is 6.80. The number of benzene rings is 3. The van der Waals surface area contributed by atoms with E-state index in [4.69, 9.17) is 11.6 Å². The van der Waals surface area contributed by atoms with Crippen LogP contribution in [-0.2, 0) is 16.0 Å². The van der Waals surface area contributed by atoms with Gasteiger partial charge in [-0.15, -0.1) is 0 Å². The Labute approximate surface area is 197 Å². The molecule has 1 heterocycles. The monoisotopic (exact) mass is 462 g/mol. The summed E-state index contributed by atoms with van der Waals surface area (Å²) in [4.78, 5) is 29.3. The van der Waals surface area contributed by atoms with Crippen LogP contribution in [0.15, 0.2) is 82.2 Å². The van der Waals surface area contributed by atoms with Crippen molar-refractivity contribution in [2.45, 2.75) is 32.1 Å². The molecule has 32 heavy (non-hydrogen) atoms. The topological polar surface area (TPSA) is 49.4 Å². The molecule has 3 aromatic carbocycles. The minimum atomic E-state index is -0.367. The van der Waals surface area contributed by atoms with Crippen molar-refractivity contribution in [3.8, 4) is 0 Å². The summed E-state index contributed by atoms with van der Waals surface area (Å²) in [6, 6.07) is 20.6. The summed E-state index contributed by atoms with van der Waals surface area (Å²) in [5.41, 5.74) is 5.01. The highest BCUT2D eigenvalue weighted by molar-refractivity contribution is 8.04. The van der Waals surface area contributed by atoms with E-state index in [0.29, 0.717) is 15.6 Å². The van der Waals surface area contributed by atoms with E-state index in [0.717, 1.165) is 33.7 Å². The number of hydrogen-bond acceptors (Lipinski definition) is 4. The van der Waals surface area contributed by atoms with Gasteiger partial charge < -0.3 is 5.32 Å². The van der Waals surface area contributed by atoms with E-state index in [1.54, 1.807) is 12.1 Å². The number of nitrogens with one attached hydrogen (secondary N) is 1. The Bertz CT molecular complexity index is 1220. The zero-order chi connectivity index (χ0) is 22.8. The standard InChI is InChI=1S/C26H23ClN2O2S/c1-4-18-6-11-21(12-7-18)29-25(30)23(28-20-10-5-16(2)17(3)15-20)24(26(29)31)32-22-13-8-19(27)9-14-22/h5-15,28H,4H2,1-3H3. The lowest BCUT2D eigenvalue weighted by atomic mass is 10.1. The smallest absolute Gasteiger partial charge is 0.283 e. The summed E-state index contributed by atoms with van der Waals surface area (Å²) in [5, 5.41) is 3.83. The zero-order valence-corrected chi connectivity index (χ0v) is 19.7. The van der Waals surface area contributed by atoms with Crippen molar-refractivity contribution in [1.82, 2.24) is 0 Å². The molecule has 1 aliphatic heterocycles. The highest BCUT2D eigenvalue weighted by atomic mass is 35.5. The lowest BCUT2D eigenvalue weighted by Gasteiger charge is -2.16. The van der Waals surface area contributed by atoms with Gasteiger partial charge in [0.15, 0.2) is 0 Å². The van der Waals surface area contributed by atoms with E-state index >= 15 is 0 Å². The van der Waals surface area contributed by atoms with Crippen LogP contribution in [0.2, 0.25) is 5.02 Å². The van der Waals surface area contributed by atoms with E-state index in [-0.39, 0.29) is 17.5 Å². The largest absolute Gasteiger partial charge is 0.350 e. The molecule has 0 atom stereocenters. The number of anilines is 2. The fourth-order valence-electron chi connectivity index (χ4n) is 3.41. The van der Waals surface area contributed by atoms with Gasteiger partial charge in [0.25, 0.3) is 11.8 Å². The molecule has 1 aliphatic rings. The van der Waals surface area contributed by atoms with Gasteiger partial charge in [0.05, 0.1) is 5.69 Å². The predicted octanol–water partition coefficient (Wildman–Crippen LogP) is 6.51. The maximum absolute atomic E-state index is 13.4. The van der Waals surface area contributed by atoms with Crippen molar-refractivity contribution < 1.29 is 9.59 Å². The molecule has 0 saturated carbocycles. The molecular weight excluding hydrogens is 440 g/mol. The first-order valence-corrected chi connectivity index (χ1v) is 11.6. The van der Waals surface area contributed by atoms with Gasteiger partial charge in [-0.1, -0.05) is 48.5 Å². The number of hydrogen-bond donors (Lipinski definition) is 1. The summed E-state index contributed by atoms with van der Waals surface area (Å²) in [6.07, 6.45) is 0.887. The number of amides is 2. The Morgan fingerprint density at radius 3 is 2.19 bits per heavy atom. The zero-order valence-electron chi connectivity index (χ0n) is 18.1. The van der Waals surface area contributed by atoms with Gasteiger partial charge >= 0.3 is 0 Å². The average Bonchev–Trinajstić information content (AvgIpc) is 3.01. The number of aryl methyl sites for hydroxylation is 3. The lowest BCUT2D eigenvalue weighted by Crippen LogP contribution is -2.32. The number of imide groups is 1. The fourth-order valence-corrected chi connectivity index (χ4v) is 4.47. The molecule has 0 radical (unpaired) electrons. The minimum absolute atomic E-state index is 0.276. The number of carbonyl (C=O) groups excluding carboxylic acids is 2. The second kappa shape index (κ2) is 9.23. The van der Waals surface area contributed by atoms with E-state index < -0.39 is 0 Å². The Balaban J connectivity index is 1.73. The average molecular weight is 463 g/mol. The van der Waals surface area contributed by atoms with Crippen LogP contribution in [0.1, 0.15) is 23.6 Å². The van der Waals surface area contributed by atoms with Gasteiger partial charge in [-0.3, -0.25) is 9.59 Å². The van der Waals surface area contributed by atoms with Gasteiger partial charge in [0, 0.05) is 15.6 Å². The van der Waals surface area contributed by atoms with E-state index in [2.05, 4.69) is 12.2 Å². The SMILES string of the molecule is CCc1ccc(N2C(=O)C(Nc3ccc(C)c(C)c3)=C(Sc3ccc(Cl)cc3)C2=O)cc1. The quantitative estimate of drug-likeness (QED) is 0.424. The first-order chi connectivity index (χ1) is 15.4. The van der Waals surface area contributed by atoms with Gasteiger partial charge in [-0.05, 0) is 85.5 Å². The van der Waals surface area contributed by atoms with Gasteiger partial charge in [0.1, 0.15) is 10.6 Å². The van der Waals surface area contributed by atoms with Crippen LogP contribution in [0.5, 0.6) is 0 Å². The first-order valence-electron chi connectivity index (χ1n) is 10.4. The third-order valence-electron chi connectivity index (χ3n) is 5.45. The maximum Gasteiger partial charge on any atom is 0.283 e. The van der Waals surface area contributed by atoms with Crippen LogP contribution >= 0.6 is 23.4 Å². The highest BCUT2D eigenvalue weighted by Gasteiger charge is 2.40. The van der Waals surface area contributed by atoms with Crippen molar-refractivity contribution in [3.05, 3.63) is 99.0 Å².